The van der Waals surface area contributed by atoms with Crippen molar-refractivity contribution in [2.24, 2.45) is 0 Å². The van der Waals surface area contributed by atoms with Crippen molar-refractivity contribution in [3.63, 3.8) is 0 Å². The maximum absolute atomic E-state index is 11.6. The Bertz CT molecular complexity index is 276. The van der Waals surface area contributed by atoms with Gasteiger partial charge in [-0.1, -0.05) is 65.2 Å². The van der Waals surface area contributed by atoms with Crippen molar-refractivity contribution < 1.29 is 14.3 Å². The summed E-state index contributed by atoms with van der Waals surface area (Å²) in [6, 6.07) is 0. The van der Waals surface area contributed by atoms with E-state index in [2.05, 4.69) is 19.2 Å². The number of carbonyl (C=O) groups excluding carboxylic acids is 1. The minimum atomic E-state index is -1.04. The standard InChI is InChI=1S/C10H22.C9H17NO3/c1-3-5-7-9-10-8-6-4-2;1-3-13-9(12-2)6-4-5-7-10-8(9)11/h3-10H2,1-2H3;3-7H2,1-2H3,(H,10,11). The number of rotatable bonds is 10. The lowest BCUT2D eigenvalue weighted by Gasteiger charge is -2.28. The van der Waals surface area contributed by atoms with Crippen LogP contribution in [0.1, 0.15) is 91.4 Å². The van der Waals surface area contributed by atoms with Crippen LogP contribution in [-0.4, -0.2) is 32.0 Å². The summed E-state index contributed by atoms with van der Waals surface area (Å²) >= 11 is 0. The van der Waals surface area contributed by atoms with E-state index in [0.29, 0.717) is 13.0 Å². The van der Waals surface area contributed by atoms with E-state index in [-0.39, 0.29) is 5.91 Å². The van der Waals surface area contributed by atoms with Gasteiger partial charge in [0.05, 0.1) is 0 Å². The fourth-order valence-electron chi connectivity index (χ4n) is 2.76. The van der Waals surface area contributed by atoms with E-state index in [1.54, 1.807) is 0 Å². The molecule has 0 aromatic heterocycles. The van der Waals surface area contributed by atoms with Gasteiger partial charge in [-0.3, -0.25) is 4.79 Å². The Kier molecular flexibility index (Phi) is 14.6. The van der Waals surface area contributed by atoms with E-state index in [9.17, 15) is 4.79 Å². The molecule has 1 aliphatic heterocycles. The summed E-state index contributed by atoms with van der Waals surface area (Å²) in [6.07, 6.45) is 14.0. The largest absolute Gasteiger partial charge is 0.351 e. The zero-order valence-electron chi connectivity index (χ0n) is 15.9. The summed E-state index contributed by atoms with van der Waals surface area (Å²) in [5.74, 6) is -1.18. The number of hydrogen-bond acceptors (Lipinski definition) is 3. The van der Waals surface area contributed by atoms with Gasteiger partial charge in [-0.2, -0.15) is 0 Å². The molecule has 1 saturated heterocycles. The van der Waals surface area contributed by atoms with Crippen LogP contribution in [0, 0.1) is 0 Å². The van der Waals surface area contributed by atoms with E-state index < -0.39 is 5.79 Å². The van der Waals surface area contributed by atoms with E-state index in [0.717, 1.165) is 19.4 Å². The predicted octanol–water partition coefficient (Wildman–Crippen LogP) is 4.81. The highest BCUT2D eigenvalue weighted by molar-refractivity contribution is 5.83. The highest BCUT2D eigenvalue weighted by Crippen LogP contribution is 2.22. The van der Waals surface area contributed by atoms with E-state index >= 15 is 0 Å². The number of unbranched alkanes of at least 4 members (excludes halogenated alkanes) is 7. The van der Waals surface area contributed by atoms with Crippen molar-refractivity contribution in [1.29, 1.82) is 0 Å². The molecule has 1 amide bonds. The first-order valence-electron chi connectivity index (χ1n) is 9.64. The molecule has 4 nitrogen and oxygen atoms in total. The van der Waals surface area contributed by atoms with Gasteiger partial charge in [-0.25, -0.2) is 0 Å². The maximum atomic E-state index is 11.6. The van der Waals surface area contributed by atoms with E-state index in [1.807, 2.05) is 6.92 Å². The SMILES string of the molecule is CCCCCCCCCC.CCOC1(OC)CCCCNC1=O. The lowest BCUT2D eigenvalue weighted by atomic mass is 10.1. The molecular formula is C19H39NO3. The minimum absolute atomic E-state index is 0.144. The van der Waals surface area contributed by atoms with E-state index in [1.165, 1.54) is 58.5 Å². The molecule has 1 rings (SSSR count). The van der Waals surface area contributed by atoms with Gasteiger partial charge in [0.2, 0.25) is 5.79 Å². The van der Waals surface area contributed by atoms with Crippen LogP contribution >= 0.6 is 0 Å². The maximum Gasteiger partial charge on any atom is 0.280 e. The van der Waals surface area contributed by atoms with Crippen LogP contribution in [0.2, 0.25) is 0 Å². The lowest BCUT2D eigenvalue weighted by molar-refractivity contribution is -0.220. The highest BCUT2D eigenvalue weighted by Gasteiger charge is 2.40. The van der Waals surface area contributed by atoms with Crippen LogP contribution in [-0.2, 0) is 14.3 Å². The van der Waals surface area contributed by atoms with Crippen molar-refractivity contribution >= 4 is 5.91 Å². The van der Waals surface area contributed by atoms with Crippen LogP contribution < -0.4 is 5.32 Å². The van der Waals surface area contributed by atoms with Crippen molar-refractivity contribution in [3.05, 3.63) is 0 Å². The lowest BCUT2D eigenvalue weighted by Crippen LogP contribution is -2.49. The molecule has 1 atom stereocenters. The second-order valence-electron chi connectivity index (χ2n) is 6.22. The Balaban J connectivity index is 0.000000438. The topological polar surface area (TPSA) is 47.6 Å². The Morgan fingerprint density at radius 2 is 1.52 bits per heavy atom. The summed E-state index contributed by atoms with van der Waals surface area (Å²) in [6.45, 7) is 7.61. The quantitative estimate of drug-likeness (QED) is 0.462. The van der Waals surface area contributed by atoms with Gasteiger partial charge in [-0.05, 0) is 19.8 Å². The minimum Gasteiger partial charge on any atom is -0.351 e. The molecule has 0 aromatic rings. The second kappa shape index (κ2) is 14.9. The first kappa shape index (κ1) is 22.4. The average molecular weight is 330 g/mol. The molecule has 0 saturated carbocycles. The molecule has 0 bridgehead atoms. The molecule has 4 heteroatoms. The number of nitrogens with one attached hydrogen (secondary N) is 1. The molecule has 1 N–H and O–H groups in total. The summed E-state index contributed by atoms with van der Waals surface area (Å²) in [7, 11) is 1.51. The fourth-order valence-corrected chi connectivity index (χ4v) is 2.76. The van der Waals surface area contributed by atoms with Gasteiger partial charge in [0, 0.05) is 26.7 Å². The Hall–Kier alpha value is -0.610. The summed E-state index contributed by atoms with van der Waals surface area (Å²) < 4.78 is 10.6. The third-order valence-electron chi connectivity index (χ3n) is 4.23. The molecule has 0 aliphatic carbocycles. The normalized spacial score (nSPS) is 21.1. The number of amides is 1. The molecule has 0 radical (unpaired) electrons. The monoisotopic (exact) mass is 329 g/mol. The zero-order chi connectivity index (χ0) is 17.4. The highest BCUT2D eigenvalue weighted by atomic mass is 16.7. The first-order chi connectivity index (χ1) is 11.2. The van der Waals surface area contributed by atoms with Gasteiger partial charge in [-0.15, -0.1) is 0 Å². The Morgan fingerprint density at radius 3 is 2.00 bits per heavy atom. The van der Waals surface area contributed by atoms with Crippen molar-refractivity contribution in [2.45, 2.75) is 97.2 Å². The number of methoxy groups -OCH3 is 1. The average Bonchev–Trinajstić information content (AvgIpc) is 2.74. The number of ether oxygens (including phenoxy) is 2. The molecule has 1 fully saturated rings. The second-order valence-corrected chi connectivity index (χ2v) is 6.22. The van der Waals surface area contributed by atoms with Gasteiger partial charge in [0.25, 0.3) is 5.91 Å². The van der Waals surface area contributed by atoms with Crippen LogP contribution in [0.15, 0.2) is 0 Å². The van der Waals surface area contributed by atoms with Crippen LogP contribution in [0.4, 0.5) is 0 Å². The molecule has 138 valence electrons. The molecule has 0 aromatic carbocycles. The molecule has 0 spiro atoms. The van der Waals surface area contributed by atoms with Gasteiger partial charge >= 0.3 is 0 Å². The van der Waals surface area contributed by atoms with Crippen LogP contribution in [0.5, 0.6) is 0 Å². The van der Waals surface area contributed by atoms with Crippen molar-refractivity contribution in [3.8, 4) is 0 Å². The van der Waals surface area contributed by atoms with Gasteiger partial charge in [0.15, 0.2) is 0 Å². The third kappa shape index (κ3) is 9.98. The van der Waals surface area contributed by atoms with Gasteiger partial charge in [0.1, 0.15) is 0 Å². The van der Waals surface area contributed by atoms with Crippen molar-refractivity contribution in [1.82, 2.24) is 5.32 Å². The predicted molar refractivity (Wildman–Crippen MR) is 96.5 cm³/mol. The number of carbonyl (C=O) groups is 1. The first-order valence-corrected chi connectivity index (χ1v) is 9.64. The smallest absolute Gasteiger partial charge is 0.280 e. The molecule has 1 unspecified atom stereocenters. The zero-order valence-corrected chi connectivity index (χ0v) is 15.9. The third-order valence-corrected chi connectivity index (χ3v) is 4.23. The summed E-state index contributed by atoms with van der Waals surface area (Å²) in [4.78, 5) is 11.6. The van der Waals surface area contributed by atoms with Crippen LogP contribution in [0.25, 0.3) is 0 Å². The summed E-state index contributed by atoms with van der Waals surface area (Å²) in [5.41, 5.74) is 0. The molecular weight excluding hydrogens is 290 g/mol. The Morgan fingerprint density at radius 1 is 0.957 bits per heavy atom. The van der Waals surface area contributed by atoms with Gasteiger partial charge < -0.3 is 14.8 Å². The van der Waals surface area contributed by atoms with Crippen molar-refractivity contribution in [2.75, 3.05) is 20.3 Å². The molecule has 23 heavy (non-hydrogen) atoms. The Labute approximate surface area is 143 Å². The van der Waals surface area contributed by atoms with E-state index in [4.69, 9.17) is 9.47 Å². The number of hydrogen-bond donors (Lipinski definition) is 1. The molecule has 1 heterocycles. The van der Waals surface area contributed by atoms with Crippen LogP contribution in [0.3, 0.4) is 0 Å². The molecule has 1 aliphatic rings. The summed E-state index contributed by atoms with van der Waals surface area (Å²) in [5, 5.41) is 2.78. The fraction of sp³-hybridized carbons (Fsp3) is 0.947.